The van der Waals surface area contributed by atoms with Gasteiger partial charge in [-0.25, -0.2) is 0 Å². The van der Waals surface area contributed by atoms with Crippen molar-refractivity contribution in [2.75, 3.05) is 5.75 Å². The van der Waals surface area contributed by atoms with Gasteiger partial charge in [-0.1, -0.05) is 24.3 Å². The van der Waals surface area contributed by atoms with Crippen molar-refractivity contribution in [1.82, 2.24) is 0 Å². The number of hydrogen-bond acceptors (Lipinski definition) is 2. The maximum Gasteiger partial charge on any atom is 0.416 e. The van der Waals surface area contributed by atoms with Crippen LogP contribution in [0.15, 0.2) is 47.4 Å². The molecule has 0 saturated heterocycles. The van der Waals surface area contributed by atoms with E-state index in [0.717, 1.165) is 22.3 Å². The van der Waals surface area contributed by atoms with E-state index in [1.165, 1.54) is 0 Å². The Hall–Kier alpha value is -2.09. The minimum absolute atomic E-state index is 0.117. The Bertz CT molecular complexity index is 839. The SMILES string of the molecule is FC(F)(F)c1ccc(COc2ccc3c(c2)SCC=C3)c(C(F)(F)F)c1. The Morgan fingerprint density at radius 2 is 1.69 bits per heavy atom. The smallest absolute Gasteiger partial charge is 0.416 e. The van der Waals surface area contributed by atoms with Crippen molar-refractivity contribution in [2.45, 2.75) is 23.9 Å². The highest BCUT2D eigenvalue weighted by atomic mass is 32.2. The molecule has 2 aromatic carbocycles. The largest absolute Gasteiger partial charge is 0.489 e. The molecule has 8 heteroatoms. The van der Waals surface area contributed by atoms with Gasteiger partial charge in [0.2, 0.25) is 0 Å². The van der Waals surface area contributed by atoms with Crippen LogP contribution in [0.4, 0.5) is 26.3 Å². The first kappa shape index (κ1) is 18.7. The molecule has 1 aliphatic rings. The molecule has 1 nitrogen and oxygen atoms in total. The van der Waals surface area contributed by atoms with Crippen molar-refractivity contribution in [1.29, 1.82) is 0 Å². The van der Waals surface area contributed by atoms with Gasteiger partial charge in [-0.15, -0.1) is 11.8 Å². The number of thioether (sulfide) groups is 1. The molecule has 0 bridgehead atoms. The zero-order chi connectivity index (χ0) is 18.9. The van der Waals surface area contributed by atoms with Crippen LogP contribution in [0.2, 0.25) is 0 Å². The van der Waals surface area contributed by atoms with Gasteiger partial charge in [-0.05, 0) is 29.8 Å². The molecule has 0 radical (unpaired) electrons. The van der Waals surface area contributed by atoms with Crippen LogP contribution in [0.5, 0.6) is 5.75 Å². The van der Waals surface area contributed by atoms with Crippen LogP contribution in [-0.2, 0) is 19.0 Å². The van der Waals surface area contributed by atoms with Crippen molar-refractivity contribution in [2.24, 2.45) is 0 Å². The molecular formula is C18H12F6OS. The first-order valence-corrected chi connectivity index (χ1v) is 8.46. The highest BCUT2D eigenvalue weighted by Gasteiger charge is 2.38. The quantitative estimate of drug-likeness (QED) is 0.559. The number of rotatable bonds is 3. The Labute approximate surface area is 149 Å². The van der Waals surface area contributed by atoms with Gasteiger partial charge in [0.25, 0.3) is 0 Å². The van der Waals surface area contributed by atoms with Gasteiger partial charge < -0.3 is 4.74 Å². The van der Waals surface area contributed by atoms with Gasteiger partial charge in [0.1, 0.15) is 12.4 Å². The van der Waals surface area contributed by atoms with E-state index >= 15 is 0 Å². The van der Waals surface area contributed by atoms with E-state index in [-0.39, 0.29) is 11.6 Å². The van der Waals surface area contributed by atoms with E-state index in [2.05, 4.69) is 0 Å². The molecule has 1 aliphatic heterocycles. The molecule has 0 amide bonds. The molecule has 0 fully saturated rings. The molecule has 3 rings (SSSR count). The van der Waals surface area contributed by atoms with Gasteiger partial charge in [-0.3, -0.25) is 0 Å². The number of hydrogen-bond donors (Lipinski definition) is 0. The predicted molar refractivity (Wildman–Crippen MR) is 87.0 cm³/mol. The molecule has 2 aromatic rings. The number of halogens is 6. The fourth-order valence-electron chi connectivity index (χ4n) is 2.48. The Balaban J connectivity index is 1.84. The second kappa shape index (κ2) is 6.90. The second-order valence-corrected chi connectivity index (χ2v) is 6.63. The van der Waals surface area contributed by atoms with E-state index in [4.69, 9.17) is 4.74 Å². The minimum Gasteiger partial charge on any atom is -0.489 e. The standard InChI is InChI=1S/C18H12F6OS/c19-17(20,21)13-5-3-12(15(8-13)18(22,23)24)10-25-14-6-4-11-2-1-7-26-16(11)9-14/h1-6,8-9H,7,10H2. The highest BCUT2D eigenvalue weighted by Crippen LogP contribution is 2.38. The van der Waals surface area contributed by atoms with Crippen LogP contribution >= 0.6 is 11.8 Å². The topological polar surface area (TPSA) is 9.23 Å². The summed E-state index contributed by atoms with van der Waals surface area (Å²) in [4.78, 5) is 0.938. The van der Waals surface area contributed by atoms with Crippen molar-refractivity contribution in [3.63, 3.8) is 0 Å². The van der Waals surface area contributed by atoms with E-state index in [1.807, 2.05) is 12.2 Å². The molecule has 0 aromatic heterocycles. The van der Waals surface area contributed by atoms with Crippen molar-refractivity contribution < 1.29 is 31.1 Å². The van der Waals surface area contributed by atoms with E-state index < -0.39 is 30.1 Å². The van der Waals surface area contributed by atoms with Crippen molar-refractivity contribution in [3.8, 4) is 5.75 Å². The molecule has 138 valence electrons. The number of alkyl halides is 6. The van der Waals surface area contributed by atoms with Crippen LogP contribution in [0.25, 0.3) is 6.08 Å². The summed E-state index contributed by atoms with van der Waals surface area (Å²) in [5, 5.41) is 0. The lowest BCUT2D eigenvalue weighted by Crippen LogP contribution is -2.14. The average Bonchev–Trinajstić information content (AvgIpc) is 2.58. The fourth-order valence-corrected chi connectivity index (χ4v) is 3.36. The van der Waals surface area contributed by atoms with Crippen LogP contribution < -0.4 is 4.74 Å². The maximum atomic E-state index is 13.1. The second-order valence-electron chi connectivity index (χ2n) is 5.57. The van der Waals surface area contributed by atoms with Crippen LogP contribution in [-0.4, -0.2) is 5.75 Å². The van der Waals surface area contributed by atoms with E-state index in [1.54, 1.807) is 30.0 Å². The fraction of sp³-hybridized carbons (Fsp3) is 0.222. The number of ether oxygens (including phenoxy) is 1. The highest BCUT2D eigenvalue weighted by molar-refractivity contribution is 7.99. The third-order valence-electron chi connectivity index (χ3n) is 3.75. The molecule has 1 heterocycles. The lowest BCUT2D eigenvalue weighted by Gasteiger charge is -2.17. The molecule has 0 spiro atoms. The van der Waals surface area contributed by atoms with Gasteiger partial charge in [0.15, 0.2) is 0 Å². The normalized spacial score (nSPS) is 14.2. The first-order chi connectivity index (χ1) is 12.1. The first-order valence-electron chi connectivity index (χ1n) is 7.48. The summed E-state index contributed by atoms with van der Waals surface area (Å²) in [7, 11) is 0. The molecule has 26 heavy (non-hydrogen) atoms. The van der Waals surface area contributed by atoms with Crippen molar-refractivity contribution >= 4 is 17.8 Å². The van der Waals surface area contributed by atoms with Gasteiger partial charge in [0, 0.05) is 16.2 Å². The molecule has 0 aliphatic carbocycles. The number of fused-ring (bicyclic) bond motifs is 1. The van der Waals surface area contributed by atoms with E-state index in [9.17, 15) is 26.3 Å². The van der Waals surface area contributed by atoms with Crippen LogP contribution in [0.1, 0.15) is 22.3 Å². The molecule has 0 unspecified atom stereocenters. The monoisotopic (exact) mass is 390 g/mol. The lowest BCUT2D eigenvalue weighted by atomic mass is 10.0. The van der Waals surface area contributed by atoms with Gasteiger partial charge in [0.05, 0.1) is 11.1 Å². The zero-order valence-electron chi connectivity index (χ0n) is 13.1. The minimum atomic E-state index is -4.91. The number of benzene rings is 2. The molecule has 0 atom stereocenters. The summed E-state index contributed by atoms with van der Waals surface area (Å²) in [5.74, 6) is 1.15. The molecule has 0 saturated carbocycles. The Kier molecular flexibility index (Phi) is 4.96. The molecular weight excluding hydrogens is 378 g/mol. The summed E-state index contributed by atoms with van der Waals surface area (Å²) in [6.07, 6.45) is -5.82. The summed E-state index contributed by atoms with van der Waals surface area (Å²) in [6, 6.07) is 6.66. The third kappa shape index (κ3) is 4.17. The molecule has 0 N–H and O–H groups in total. The zero-order valence-corrected chi connectivity index (χ0v) is 13.9. The van der Waals surface area contributed by atoms with Gasteiger partial charge >= 0.3 is 12.4 Å². The summed E-state index contributed by atoms with van der Waals surface area (Å²) >= 11 is 1.56. The van der Waals surface area contributed by atoms with Gasteiger partial charge in [-0.2, -0.15) is 26.3 Å². The summed E-state index contributed by atoms with van der Waals surface area (Å²) in [6.45, 7) is -0.480. The average molecular weight is 390 g/mol. The summed E-state index contributed by atoms with van der Waals surface area (Å²) in [5.41, 5.74) is -2.05. The van der Waals surface area contributed by atoms with Crippen LogP contribution in [0.3, 0.4) is 0 Å². The Morgan fingerprint density at radius 3 is 2.38 bits per heavy atom. The third-order valence-corrected chi connectivity index (χ3v) is 4.78. The van der Waals surface area contributed by atoms with E-state index in [0.29, 0.717) is 11.8 Å². The maximum absolute atomic E-state index is 13.1. The summed E-state index contributed by atoms with van der Waals surface area (Å²) < 4.78 is 82.9. The van der Waals surface area contributed by atoms with Crippen molar-refractivity contribution in [3.05, 3.63) is 64.7 Å². The predicted octanol–water partition coefficient (Wildman–Crippen LogP) is 6.42. The lowest BCUT2D eigenvalue weighted by molar-refractivity contribution is -0.143. The Morgan fingerprint density at radius 1 is 0.923 bits per heavy atom. The van der Waals surface area contributed by atoms with Crippen LogP contribution in [0, 0.1) is 0 Å².